The number of nitrogens with one attached hydrogen (secondary N) is 2. The molecule has 0 atom stereocenters. The van der Waals surface area contributed by atoms with Gasteiger partial charge in [0, 0.05) is 18.7 Å². The molecule has 0 heterocycles. The van der Waals surface area contributed by atoms with E-state index in [2.05, 4.69) is 10.6 Å². The second-order valence-corrected chi connectivity index (χ2v) is 6.38. The Balaban J connectivity index is 2.06. The molecule has 0 aromatic heterocycles. The van der Waals surface area contributed by atoms with Gasteiger partial charge in [-0.2, -0.15) is 8.42 Å². The third kappa shape index (κ3) is 4.89. The Bertz CT molecular complexity index is 931. The fourth-order valence-electron chi connectivity index (χ4n) is 2.02. The van der Waals surface area contributed by atoms with Crippen molar-refractivity contribution < 1.29 is 26.8 Å². The van der Waals surface area contributed by atoms with Crippen LogP contribution in [-0.4, -0.2) is 26.5 Å². The van der Waals surface area contributed by atoms with Gasteiger partial charge in [-0.3, -0.25) is 10.1 Å². The first kappa shape index (κ1) is 19.1. The molecule has 2 rings (SSSR count). The van der Waals surface area contributed by atoms with Gasteiger partial charge in [-0.05, 0) is 23.8 Å². The summed E-state index contributed by atoms with van der Waals surface area (Å²) in [5.41, 5.74) is 0.498. The van der Waals surface area contributed by atoms with Gasteiger partial charge in [0.25, 0.3) is 5.69 Å². The normalized spacial score (nSPS) is 10.8. The number of amides is 2. The molecule has 0 spiro atoms. The molecule has 0 fully saturated rings. The number of hydrogen-bond donors (Lipinski definition) is 2. The SMILES string of the molecule is COc1ccc(S(=O)(=O)F)cc1NC(=O)NCc1ccc([N+](=O)[O-])cc1. The Kier molecular flexibility index (Phi) is 5.72. The largest absolute Gasteiger partial charge is 0.495 e. The molecule has 0 saturated heterocycles. The molecule has 26 heavy (non-hydrogen) atoms. The van der Waals surface area contributed by atoms with Crippen LogP contribution in [0.5, 0.6) is 5.75 Å². The number of nitro groups is 1. The zero-order chi connectivity index (χ0) is 19.3. The van der Waals surface area contributed by atoms with E-state index in [1.54, 1.807) is 0 Å². The van der Waals surface area contributed by atoms with Crippen molar-refractivity contribution >= 4 is 27.6 Å². The highest BCUT2D eigenvalue weighted by Gasteiger charge is 2.16. The van der Waals surface area contributed by atoms with Crippen LogP contribution in [0.25, 0.3) is 0 Å². The Morgan fingerprint density at radius 3 is 2.42 bits per heavy atom. The summed E-state index contributed by atoms with van der Waals surface area (Å²) in [5, 5.41) is 15.4. The maximum absolute atomic E-state index is 13.1. The molecule has 0 unspecified atom stereocenters. The molecule has 2 amide bonds. The minimum Gasteiger partial charge on any atom is -0.495 e. The molecule has 2 aromatic rings. The molecule has 138 valence electrons. The summed E-state index contributed by atoms with van der Waals surface area (Å²) in [6.45, 7) is 0.0627. The second kappa shape index (κ2) is 7.78. The number of urea groups is 1. The Hall–Kier alpha value is -3.21. The van der Waals surface area contributed by atoms with Crippen molar-refractivity contribution in [2.75, 3.05) is 12.4 Å². The van der Waals surface area contributed by atoms with Crippen molar-refractivity contribution in [3.05, 3.63) is 58.1 Å². The lowest BCUT2D eigenvalue weighted by atomic mass is 10.2. The van der Waals surface area contributed by atoms with Crippen molar-refractivity contribution in [1.82, 2.24) is 5.32 Å². The quantitative estimate of drug-likeness (QED) is 0.448. The van der Waals surface area contributed by atoms with Crippen LogP contribution in [0.15, 0.2) is 47.4 Å². The molecule has 0 aliphatic carbocycles. The van der Waals surface area contributed by atoms with Crippen LogP contribution in [0, 0.1) is 10.1 Å². The molecular weight excluding hydrogens is 369 g/mol. The Morgan fingerprint density at radius 2 is 1.88 bits per heavy atom. The number of methoxy groups -OCH3 is 1. The first-order valence-corrected chi connectivity index (χ1v) is 8.50. The van der Waals surface area contributed by atoms with Crippen molar-refractivity contribution in [3.63, 3.8) is 0 Å². The molecule has 9 nitrogen and oxygen atoms in total. The number of carbonyl (C=O) groups is 1. The van der Waals surface area contributed by atoms with E-state index in [0.29, 0.717) is 5.56 Å². The monoisotopic (exact) mass is 383 g/mol. The zero-order valence-electron chi connectivity index (χ0n) is 13.4. The molecule has 11 heteroatoms. The van der Waals surface area contributed by atoms with Gasteiger partial charge < -0.3 is 15.4 Å². The predicted molar refractivity (Wildman–Crippen MR) is 90.2 cm³/mol. The summed E-state index contributed by atoms with van der Waals surface area (Å²) >= 11 is 0. The topological polar surface area (TPSA) is 128 Å². The van der Waals surface area contributed by atoms with E-state index < -0.39 is 26.1 Å². The number of nitro benzene ring substituents is 1. The van der Waals surface area contributed by atoms with Crippen molar-refractivity contribution in [2.45, 2.75) is 11.4 Å². The summed E-state index contributed by atoms with van der Waals surface area (Å²) in [4.78, 5) is 21.4. The minimum absolute atomic E-state index is 0.0348. The molecule has 2 aromatic carbocycles. The average Bonchev–Trinajstić information content (AvgIpc) is 2.59. The van der Waals surface area contributed by atoms with Gasteiger partial charge in [0.2, 0.25) is 0 Å². The lowest BCUT2D eigenvalue weighted by Gasteiger charge is -2.12. The van der Waals surface area contributed by atoms with Gasteiger partial charge in [0.15, 0.2) is 0 Å². The van der Waals surface area contributed by atoms with E-state index in [-0.39, 0.29) is 23.7 Å². The second-order valence-electron chi connectivity index (χ2n) is 5.03. The van der Waals surface area contributed by atoms with Crippen LogP contribution in [0.1, 0.15) is 5.56 Å². The fourth-order valence-corrected chi connectivity index (χ4v) is 2.51. The number of anilines is 1. The summed E-state index contributed by atoms with van der Waals surface area (Å²) in [5.74, 6) is 0.142. The van der Waals surface area contributed by atoms with Crippen LogP contribution < -0.4 is 15.4 Å². The number of non-ortho nitro benzene ring substituents is 1. The van der Waals surface area contributed by atoms with Crippen LogP contribution in [0.2, 0.25) is 0 Å². The third-order valence-corrected chi connectivity index (χ3v) is 4.12. The van der Waals surface area contributed by atoms with E-state index in [4.69, 9.17) is 4.74 Å². The summed E-state index contributed by atoms with van der Waals surface area (Å²) in [7, 11) is -3.63. The van der Waals surface area contributed by atoms with E-state index in [1.807, 2.05) is 0 Å². The van der Waals surface area contributed by atoms with Gasteiger partial charge >= 0.3 is 16.3 Å². The molecule has 0 radical (unpaired) electrons. The lowest BCUT2D eigenvalue weighted by Crippen LogP contribution is -2.28. The van der Waals surface area contributed by atoms with Crippen molar-refractivity contribution in [2.24, 2.45) is 0 Å². The van der Waals surface area contributed by atoms with Gasteiger partial charge in [-0.1, -0.05) is 12.1 Å². The highest BCUT2D eigenvalue weighted by atomic mass is 32.3. The van der Waals surface area contributed by atoms with Crippen LogP contribution >= 0.6 is 0 Å². The van der Waals surface area contributed by atoms with Gasteiger partial charge in [-0.25, -0.2) is 4.79 Å². The summed E-state index contributed by atoms with van der Waals surface area (Å²) in [6.07, 6.45) is 0. The van der Waals surface area contributed by atoms with Crippen LogP contribution in [-0.2, 0) is 16.8 Å². The van der Waals surface area contributed by atoms with E-state index >= 15 is 0 Å². The Labute approximate surface area is 148 Å². The van der Waals surface area contributed by atoms with Gasteiger partial charge in [0.05, 0.1) is 17.7 Å². The van der Waals surface area contributed by atoms with Crippen LogP contribution in [0.4, 0.5) is 20.1 Å². The van der Waals surface area contributed by atoms with Crippen molar-refractivity contribution in [3.8, 4) is 5.75 Å². The number of rotatable bonds is 6. The molecule has 0 aliphatic heterocycles. The average molecular weight is 383 g/mol. The van der Waals surface area contributed by atoms with E-state index in [1.165, 1.54) is 37.4 Å². The van der Waals surface area contributed by atoms with E-state index in [9.17, 15) is 27.2 Å². The predicted octanol–water partition coefficient (Wildman–Crippen LogP) is 2.58. The summed E-state index contributed by atoms with van der Waals surface area (Å²) < 4.78 is 40.0. The molecule has 0 aliphatic rings. The number of carbonyl (C=O) groups excluding carboxylic acids is 1. The highest BCUT2D eigenvalue weighted by Crippen LogP contribution is 2.28. The van der Waals surface area contributed by atoms with Crippen molar-refractivity contribution in [1.29, 1.82) is 0 Å². The van der Waals surface area contributed by atoms with E-state index in [0.717, 1.165) is 12.1 Å². The number of benzene rings is 2. The zero-order valence-corrected chi connectivity index (χ0v) is 14.2. The Morgan fingerprint density at radius 1 is 1.23 bits per heavy atom. The van der Waals surface area contributed by atoms with Gasteiger partial charge in [0.1, 0.15) is 10.6 Å². The molecule has 0 bridgehead atoms. The smallest absolute Gasteiger partial charge is 0.332 e. The molecular formula is C15H14FN3O6S. The fraction of sp³-hybridized carbons (Fsp3) is 0.133. The molecule has 0 saturated carbocycles. The number of halogens is 1. The number of ether oxygens (including phenoxy) is 1. The maximum atomic E-state index is 13.1. The third-order valence-electron chi connectivity index (χ3n) is 3.30. The maximum Gasteiger partial charge on any atom is 0.332 e. The first-order chi connectivity index (χ1) is 12.2. The minimum atomic E-state index is -4.93. The number of nitrogens with zero attached hydrogens (tertiary/aromatic N) is 1. The molecule has 2 N–H and O–H groups in total. The van der Waals surface area contributed by atoms with Crippen LogP contribution in [0.3, 0.4) is 0 Å². The van der Waals surface area contributed by atoms with Gasteiger partial charge in [-0.15, -0.1) is 3.89 Å². The highest BCUT2D eigenvalue weighted by molar-refractivity contribution is 7.86. The first-order valence-electron chi connectivity index (χ1n) is 7.11. The standard InChI is InChI=1S/C15H14FN3O6S/c1-25-14-7-6-12(26(16,23)24)8-13(14)18-15(20)17-9-10-2-4-11(5-3-10)19(21)22/h2-8H,9H2,1H3,(H2,17,18,20). The lowest BCUT2D eigenvalue weighted by molar-refractivity contribution is -0.384. The summed E-state index contributed by atoms with van der Waals surface area (Å²) in [6, 6.07) is 8.01. The number of hydrogen-bond acceptors (Lipinski definition) is 6.